The van der Waals surface area contributed by atoms with Crippen LogP contribution < -0.4 is 5.56 Å². The zero-order chi connectivity index (χ0) is 14.7. The van der Waals surface area contributed by atoms with Crippen LogP contribution in [0.15, 0.2) is 35.6 Å². The number of aryl methyl sites for hydroxylation is 2. The van der Waals surface area contributed by atoms with Gasteiger partial charge in [0, 0.05) is 22.7 Å². The molecular weight excluding hydrogens is 296 g/mol. The van der Waals surface area contributed by atoms with E-state index in [-0.39, 0.29) is 5.56 Å². The van der Waals surface area contributed by atoms with Crippen LogP contribution in [0, 0.1) is 0 Å². The van der Waals surface area contributed by atoms with Gasteiger partial charge in [-0.1, -0.05) is 0 Å². The first-order chi connectivity index (χ1) is 10.8. The first kappa shape index (κ1) is 12.2. The van der Waals surface area contributed by atoms with Crippen molar-refractivity contribution in [2.24, 2.45) is 0 Å². The monoisotopic (exact) mass is 310 g/mol. The van der Waals surface area contributed by atoms with Crippen molar-refractivity contribution in [3.8, 4) is 5.69 Å². The van der Waals surface area contributed by atoms with E-state index in [9.17, 15) is 4.79 Å². The molecule has 0 fully saturated rings. The molecule has 22 heavy (non-hydrogen) atoms. The molecule has 0 aromatic carbocycles. The molecule has 0 unspecified atom stereocenters. The summed E-state index contributed by atoms with van der Waals surface area (Å²) < 4.78 is 4.00. The maximum atomic E-state index is 12.4. The Bertz CT molecular complexity index is 1050. The first-order valence-corrected chi connectivity index (χ1v) is 8.31. The molecule has 4 aromatic heterocycles. The van der Waals surface area contributed by atoms with Crippen molar-refractivity contribution < 1.29 is 0 Å². The average Bonchev–Trinajstić information content (AvgIpc) is 3.22. The van der Waals surface area contributed by atoms with Crippen molar-refractivity contribution in [1.29, 1.82) is 0 Å². The van der Waals surface area contributed by atoms with Crippen LogP contribution in [0.1, 0.15) is 23.3 Å². The van der Waals surface area contributed by atoms with E-state index < -0.39 is 0 Å². The second kappa shape index (κ2) is 4.33. The van der Waals surface area contributed by atoms with Gasteiger partial charge in [-0.15, -0.1) is 11.3 Å². The van der Waals surface area contributed by atoms with E-state index in [1.165, 1.54) is 28.7 Å². The molecule has 0 atom stereocenters. The van der Waals surface area contributed by atoms with Crippen LogP contribution in [0.25, 0.3) is 21.4 Å². The predicted molar refractivity (Wildman–Crippen MR) is 87.2 cm³/mol. The van der Waals surface area contributed by atoms with Crippen LogP contribution in [0.5, 0.6) is 0 Å². The van der Waals surface area contributed by atoms with Crippen molar-refractivity contribution in [3.63, 3.8) is 0 Å². The van der Waals surface area contributed by atoms with Gasteiger partial charge in [0.05, 0.1) is 5.69 Å². The molecule has 0 aliphatic heterocycles. The Labute approximate surface area is 129 Å². The average molecular weight is 310 g/mol. The summed E-state index contributed by atoms with van der Waals surface area (Å²) in [7, 11) is 0. The van der Waals surface area contributed by atoms with Gasteiger partial charge in [0.25, 0.3) is 5.56 Å². The normalized spacial score (nSPS) is 14.7. The van der Waals surface area contributed by atoms with Crippen molar-refractivity contribution in [2.45, 2.75) is 25.7 Å². The highest BCUT2D eigenvalue weighted by atomic mass is 32.1. The fourth-order valence-corrected chi connectivity index (χ4v) is 4.93. The molecule has 1 N–H and O–H groups in total. The van der Waals surface area contributed by atoms with E-state index >= 15 is 0 Å². The lowest BCUT2D eigenvalue weighted by Gasteiger charge is -2.11. The van der Waals surface area contributed by atoms with Gasteiger partial charge in [0.15, 0.2) is 0 Å². The van der Waals surface area contributed by atoms with Gasteiger partial charge in [-0.3, -0.25) is 9.20 Å². The summed E-state index contributed by atoms with van der Waals surface area (Å²) in [5, 5.41) is 7.79. The summed E-state index contributed by atoms with van der Waals surface area (Å²) >= 11 is 1.81. The third kappa shape index (κ3) is 1.47. The predicted octanol–water partition coefficient (Wildman–Crippen LogP) is 2.91. The van der Waals surface area contributed by atoms with E-state index in [0.29, 0.717) is 5.52 Å². The van der Waals surface area contributed by atoms with E-state index in [2.05, 4.69) is 14.8 Å². The summed E-state index contributed by atoms with van der Waals surface area (Å²) in [4.78, 5) is 15.0. The van der Waals surface area contributed by atoms with Gasteiger partial charge in [-0.05, 0) is 43.4 Å². The van der Waals surface area contributed by atoms with Gasteiger partial charge < -0.3 is 4.57 Å². The van der Waals surface area contributed by atoms with E-state index in [1.54, 1.807) is 6.33 Å². The highest BCUT2D eigenvalue weighted by Crippen LogP contribution is 2.41. The summed E-state index contributed by atoms with van der Waals surface area (Å²) in [6, 6.07) is 3.98. The molecule has 0 spiro atoms. The fraction of sp³-hybridized carbons (Fsp3) is 0.250. The summed E-state index contributed by atoms with van der Waals surface area (Å²) in [5.74, 6) is 0. The van der Waals surface area contributed by atoms with Crippen LogP contribution in [0.3, 0.4) is 0 Å². The molecule has 110 valence electrons. The van der Waals surface area contributed by atoms with E-state index in [1.807, 2.05) is 40.3 Å². The van der Waals surface area contributed by atoms with Crippen LogP contribution >= 0.6 is 11.3 Å². The minimum atomic E-state index is -0.140. The lowest BCUT2D eigenvalue weighted by atomic mass is 9.97. The molecule has 0 saturated carbocycles. The van der Waals surface area contributed by atoms with Gasteiger partial charge in [0.2, 0.25) is 0 Å². The molecule has 4 heterocycles. The topological polar surface area (TPSA) is 55.1 Å². The number of fused-ring (bicyclic) bond motifs is 5. The third-order valence-corrected chi connectivity index (χ3v) is 5.78. The third-order valence-electron chi connectivity index (χ3n) is 4.49. The standard InChI is InChI=1S/C16H14N4OS/c21-15-14-13(19-7-3-4-8-19)12-10-5-1-2-6-11(10)22-16(12)20(14)9-17-18-15/h3-4,7-9H,1-2,5-6H2,(H,18,21). The van der Waals surface area contributed by atoms with Gasteiger partial charge >= 0.3 is 0 Å². The largest absolute Gasteiger partial charge is 0.321 e. The Morgan fingerprint density at radius 1 is 1.18 bits per heavy atom. The Morgan fingerprint density at radius 2 is 2.00 bits per heavy atom. The van der Waals surface area contributed by atoms with E-state index in [4.69, 9.17) is 0 Å². The van der Waals surface area contributed by atoms with Crippen LogP contribution in [-0.4, -0.2) is 19.2 Å². The number of nitrogens with one attached hydrogen (secondary N) is 1. The minimum absolute atomic E-state index is 0.140. The van der Waals surface area contributed by atoms with Crippen LogP contribution in [0.2, 0.25) is 0 Å². The highest BCUT2D eigenvalue weighted by Gasteiger charge is 2.25. The molecule has 1 aliphatic carbocycles. The number of hydrogen-bond acceptors (Lipinski definition) is 3. The van der Waals surface area contributed by atoms with Crippen LogP contribution in [-0.2, 0) is 12.8 Å². The second-order valence-corrected chi connectivity index (χ2v) is 6.82. The fourth-order valence-electron chi connectivity index (χ4n) is 3.56. The molecule has 5 nitrogen and oxygen atoms in total. The molecular formula is C16H14N4OS. The second-order valence-electron chi connectivity index (χ2n) is 5.73. The molecule has 0 bridgehead atoms. The van der Waals surface area contributed by atoms with Crippen molar-refractivity contribution >= 4 is 27.1 Å². The number of nitrogens with zero attached hydrogens (tertiary/aromatic N) is 3. The Hall–Kier alpha value is -2.34. The van der Waals surface area contributed by atoms with Crippen molar-refractivity contribution in [2.75, 3.05) is 0 Å². The molecule has 0 radical (unpaired) electrons. The summed E-state index contributed by atoms with van der Waals surface area (Å²) in [5.41, 5.74) is 2.96. The molecule has 4 aromatic rings. The van der Waals surface area contributed by atoms with Crippen molar-refractivity contribution in [1.82, 2.24) is 19.2 Å². The highest BCUT2D eigenvalue weighted by molar-refractivity contribution is 7.19. The number of rotatable bonds is 1. The first-order valence-electron chi connectivity index (χ1n) is 7.50. The number of aromatic amines is 1. The number of aromatic nitrogens is 4. The Kier molecular flexibility index (Phi) is 2.41. The molecule has 6 heteroatoms. The molecule has 1 aliphatic rings. The van der Waals surface area contributed by atoms with E-state index in [0.717, 1.165) is 23.4 Å². The maximum Gasteiger partial charge on any atom is 0.290 e. The smallest absolute Gasteiger partial charge is 0.290 e. The summed E-state index contributed by atoms with van der Waals surface area (Å²) in [6.07, 6.45) is 10.5. The van der Waals surface area contributed by atoms with Gasteiger partial charge in [0.1, 0.15) is 16.7 Å². The van der Waals surface area contributed by atoms with Crippen molar-refractivity contribution in [3.05, 3.63) is 51.6 Å². The number of thiophene rings is 1. The molecule has 5 rings (SSSR count). The SMILES string of the molecule is O=c1[nH]ncn2c1c(-n1cccc1)c1c3c(sc12)CCCC3. The Morgan fingerprint density at radius 3 is 2.86 bits per heavy atom. The molecule has 0 saturated heterocycles. The molecule has 0 amide bonds. The maximum absolute atomic E-state index is 12.4. The lowest BCUT2D eigenvalue weighted by molar-refractivity contribution is 0.700. The minimum Gasteiger partial charge on any atom is -0.321 e. The van der Waals surface area contributed by atoms with Gasteiger partial charge in [-0.2, -0.15) is 5.10 Å². The number of H-pyrrole nitrogens is 1. The zero-order valence-electron chi connectivity index (χ0n) is 11.9. The quantitative estimate of drug-likeness (QED) is 0.588. The van der Waals surface area contributed by atoms with Crippen LogP contribution in [0.4, 0.5) is 0 Å². The van der Waals surface area contributed by atoms with Gasteiger partial charge in [-0.25, -0.2) is 5.10 Å². The zero-order valence-corrected chi connectivity index (χ0v) is 12.7. The Balaban J connectivity index is 2.05. The lowest BCUT2D eigenvalue weighted by Crippen LogP contribution is -2.12. The summed E-state index contributed by atoms with van der Waals surface area (Å²) in [6.45, 7) is 0. The number of hydrogen-bond donors (Lipinski definition) is 1.